The molecule has 0 amide bonds. The molecule has 5 nitrogen and oxygen atoms in total. The van der Waals surface area contributed by atoms with E-state index >= 15 is 0 Å². The third-order valence-corrected chi connectivity index (χ3v) is 6.69. The predicted molar refractivity (Wildman–Crippen MR) is 108 cm³/mol. The van der Waals surface area contributed by atoms with E-state index in [1.807, 2.05) is 0 Å². The smallest absolute Gasteiger partial charge is 0.395 e. The van der Waals surface area contributed by atoms with Gasteiger partial charge in [0.1, 0.15) is 10.6 Å². The lowest BCUT2D eigenvalue weighted by Crippen LogP contribution is -2.21. The fraction of sp³-hybridized carbons (Fsp3) is 0.474. The number of aliphatic hydroxyl groups excluding tert-OH is 1. The molecule has 0 aliphatic rings. The number of imidazole rings is 1. The van der Waals surface area contributed by atoms with Crippen molar-refractivity contribution in [2.45, 2.75) is 56.0 Å². The van der Waals surface area contributed by atoms with Crippen LogP contribution in [0.1, 0.15) is 44.0 Å². The molecule has 0 spiro atoms. The lowest BCUT2D eigenvalue weighted by Gasteiger charge is -2.23. The van der Waals surface area contributed by atoms with Gasteiger partial charge in [-0.25, -0.2) is 9.50 Å². The van der Waals surface area contributed by atoms with E-state index in [1.165, 1.54) is 23.5 Å². The number of aromatic nitrogens is 3. The van der Waals surface area contributed by atoms with Crippen molar-refractivity contribution in [1.82, 2.24) is 14.6 Å². The van der Waals surface area contributed by atoms with E-state index in [2.05, 4.69) is 10.1 Å². The number of aryl methyl sites for hydroxylation is 1. The maximum atomic E-state index is 13.5. The number of aliphatic hydroxyl groups is 2. The first-order valence-corrected chi connectivity index (χ1v) is 10.5. The second kappa shape index (κ2) is 7.26. The van der Waals surface area contributed by atoms with Crippen LogP contribution in [0.3, 0.4) is 0 Å². The minimum atomic E-state index is -4.51. The standard InChI is InChI=1S/C19H22F3N3O2S2/c1-10-14(25-16(23-10)28-15(24-25)18(4,5)27)11-6-7-12(19(20,21)22)13(8-11)29-17(2,3)9-26/h6-8,26-27H,9H2,1-5H3. The molecule has 0 unspecified atom stereocenters. The van der Waals surface area contributed by atoms with Gasteiger partial charge in [-0.2, -0.15) is 18.3 Å². The molecule has 0 fully saturated rings. The molecule has 2 aromatic heterocycles. The zero-order chi connectivity index (χ0) is 21.8. The molecule has 1 aromatic carbocycles. The first-order chi connectivity index (χ1) is 13.2. The number of alkyl halides is 3. The zero-order valence-corrected chi connectivity index (χ0v) is 18.3. The molecule has 2 heterocycles. The summed E-state index contributed by atoms with van der Waals surface area (Å²) in [5.41, 5.74) is -0.163. The van der Waals surface area contributed by atoms with E-state index < -0.39 is 22.1 Å². The number of thioether (sulfide) groups is 1. The number of nitrogens with zero attached hydrogens (tertiary/aromatic N) is 3. The first kappa shape index (κ1) is 22.1. The van der Waals surface area contributed by atoms with Gasteiger partial charge in [-0.05, 0) is 46.8 Å². The third kappa shape index (κ3) is 4.45. The summed E-state index contributed by atoms with van der Waals surface area (Å²) in [6.07, 6.45) is -4.51. The summed E-state index contributed by atoms with van der Waals surface area (Å²) >= 11 is 2.21. The number of hydrogen-bond acceptors (Lipinski definition) is 6. The van der Waals surface area contributed by atoms with Crippen LogP contribution in [-0.4, -0.2) is 36.2 Å². The molecule has 29 heavy (non-hydrogen) atoms. The second-order valence-corrected chi connectivity index (χ2v) is 10.6. The summed E-state index contributed by atoms with van der Waals surface area (Å²) in [5.74, 6) is 0. The van der Waals surface area contributed by atoms with Crippen LogP contribution < -0.4 is 0 Å². The van der Waals surface area contributed by atoms with Crippen molar-refractivity contribution in [2.75, 3.05) is 6.61 Å². The Morgan fingerprint density at radius 3 is 2.38 bits per heavy atom. The molecular weight excluding hydrogens is 423 g/mol. The SMILES string of the molecule is Cc1nc2sc(C(C)(C)O)nn2c1-c1ccc(C(F)(F)F)c(SC(C)(C)CO)c1. The highest BCUT2D eigenvalue weighted by molar-refractivity contribution is 8.00. The molecule has 0 aliphatic carbocycles. The van der Waals surface area contributed by atoms with Crippen molar-refractivity contribution in [3.63, 3.8) is 0 Å². The van der Waals surface area contributed by atoms with Gasteiger partial charge in [0.2, 0.25) is 4.96 Å². The molecule has 0 aliphatic heterocycles. The first-order valence-electron chi connectivity index (χ1n) is 8.83. The maximum absolute atomic E-state index is 13.5. The molecule has 0 radical (unpaired) electrons. The molecule has 0 saturated heterocycles. The van der Waals surface area contributed by atoms with Gasteiger partial charge < -0.3 is 10.2 Å². The average Bonchev–Trinajstić information content (AvgIpc) is 3.09. The normalized spacial score (nSPS) is 13.4. The van der Waals surface area contributed by atoms with E-state index in [0.29, 0.717) is 26.9 Å². The zero-order valence-electron chi connectivity index (χ0n) is 16.6. The van der Waals surface area contributed by atoms with Crippen LogP contribution in [0.2, 0.25) is 0 Å². The molecule has 3 aromatic rings. The Kier molecular flexibility index (Phi) is 5.53. The van der Waals surface area contributed by atoms with Crippen LogP contribution in [0.15, 0.2) is 23.1 Å². The molecule has 0 atom stereocenters. The van der Waals surface area contributed by atoms with Crippen molar-refractivity contribution >= 4 is 28.1 Å². The Balaban J connectivity index is 2.19. The van der Waals surface area contributed by atoms with Crippen molar-refractivity contribution in [3.8, 4) is 11.3 Å². The van der Waals surface area contributed by atoms with Gasteiger partial charge in [0.05, 0.1) is 23.6 Å². The third-order valence-electron chi connectivity index (χ3n) is 4.23. The van der Waals surface area contributed by atoms with Gasteiger partial charge >= 0.3 is 6.18 Å². The summed E-state index contributed by atoms with van der Waals surface area (Å²) in [5, 5.41) is 24.6. The molecular formula is C19H22F3N3O2S2. The molecule has 0 saturated carbocycles. The van der Waals surface area contributed by atoms with Crippen LogP contribution in [0.4, 0.5) is 13.2 Å². The fourth-order valence-corrected chi connectivity index (χ4v) is 4.83. The number of benzene rings is 1. The predicted octanol–water partition coefficient (Wildman–Crippen LogP) is 4.88. The average molecular weight is 446 g/mol. The van der Waals surface area contributed by atoms with Crippen molar-refractivity contribution in [2.24, 2.45) is 0 Å². The molecule has 0 bridgehead atoms. The summed E-state index contributed by atoms with van der Waals surface area (Å²) in [7, 11) is 0. The van der Waals surface area contributed by atoms with Crippen LogP contribution in [0.25, 0.3) is 16.2 Å². The van der Waals surface area contributed by atoms with Crippen molar-refractivity contribution in [3.05, 3.63) is 34.5 Å². The van der Waals surface area contributed by atoms with E-state index in [4.69, 9.17) is 0 Å². The Bertz CT molecular complexity index is 1050. The Morgan fingerprint density at radius 2 is 1.83 bits per heavy atom. The van der Waals surface area contributed by atoms with Gasteiger partial charge in [-0.3, -0.25) is 0 Å². The molecule has 10 heteroatoms. The van der Waals surface area contributed by atoms with Crippen LogP contribution in [-0.2, 0) is 11.8 Å². The Labute approximate surface area is 174 Å². The largest absolute Gasteiger partial charge is 0.417 e. The number of fused-ring (bicyclic) bond motifs is 1. The number of halogens is 3. The lowest BCUT2D eigenvalue weighted by atomic mass is 10.1. The lowest BCUT2D eigenvalue weighted by molar-refractivity contribution is -0.139. The quantitative estimate of drug-likeness (QED) is 0.548. The minimum Gasteiger partial charge on any atom is -0.395 e. The monoisotopic (exact) mass is 445 g/mol. The number of hydrogen-bond donors (Lipinski definition) is 2. The highest BCUT2D eigenvalue weighted by Crippen LogP contribution is 2.43. The fourth-order valence-electron chi connectivity index (χ4n) is 2.75. The van der Waals surface area contributed by atoms with Gasteiger partial charge in [0.25, 0.3) is 0 Å². The van der Waals surface area contributed by atoms with Gasteiger partial charge in [0.15, 0.2) is 0 Å². The highest BCUT2D eigenvalue weighted by atomic mass is 32.2. The second-order valence-electron chi connectivity index (χ2n) is 7.93. The topological polar surface area (TPSA) is 70.7 Å². The van der Waals surface area contributed by atoms with Crippen LogP contribution in [0, 0.1) is 6.92 Å². The molecule has 2 N–H and O–H groups in total. The summed E-state index contributed by atoms with van der Waals surface area (Å²) in [6.45, 7) is 8.09. The highest BCUT2D eigenvalue weighted by Gasteiger charge is 2.36. The number of rotatable bonds is 5. The van der Waals surface area contributed by atoms with Crippen molar-refractivity contribution < 1.29 is 23.4 Å². The van der Waals surface area contributed by atoms with E-state index in [-0.39, 0.29) is 11.5 Å². The Hall–Kier alpha value is -1.62. The summed E-state index contributed by atoms with van der Waals surface area (Å²) in [4.78, 5) is 5.04. The van der Waals surface area contributed by atoms with E-state index in [1.54, 1.807) is 39.1 Å². The molecule has 3 rings (SSSR count). The van der Waals surface area contributed by atoms with Crippen molar-refractivity contribution in [1.29, 1.82) is 0 Å². The maximum Gasteiger partial charge on any atom is 0.417 e. The molecule has 158 valence electrons. The van der Waals surface area contributed by atoms with Gasteiger partial charge in [-0.1, -0.05) is 17.4 Å². The van der Waals surface area contributed by atoms with E-state index in [9.17, 15) is 23.4 Å². The van der Waals surface area contributed by atoms with Gasteiger partial charge in [-0.15, -0.1) is 11.8 Å². The van der Waals surface area contributed by atoms with Crippen LogP contribution in [0.5, 0.6) is 0 Å². The Morgan fingerprint density at radius 1 is 1.17 bits per heavy atom. The van der Waals surface area contributed by atoms with Crippen LogP contribution >= 0.6 is 23.1 Å². The van der Waals surface area contributed by atoms with E-state index in [0.717, 1.165) is 17.8 Å². The minimum absolute atomic E-state index is 0.0290. The van der Waals surface area contributed by atoms with Gasteiger partial charge in [0, 0.05) is 15.2 Å². The summed E-state index contributed by atoms with van der Waals surface area (Å²) in [6, 6.07) is 3.91. The summed E-state index contributed by atoms with van der Waals surface area (Å²) < 4.78 is 41.4.